The van der Waals surface area contributed by atoms with E-state index in [0.29, 0.717) is 0 Å². The first-order chi connectivity index (χ1) is 12.4. The third kappa shape index (κ3) is 5.26. The Hall–Kier alpha value is -2.48. The molecule has 0 unspecified atom stereocenters. The third-order valence-corrected chi connectivity index (χ3v) is 4.36. The van der Waals surface area contributed by atoms with Gasteiger partial charge in [-0.2, -0.15) is 0 Å². The van der Waals surface area contributed by atoms with Crippen LogP contribution in [-0.2, 0) is 4.74 Å². The highest BCUT2D eigenvalue weighted by Gasteiger charge is 2.23. The van der Waals surface area contributed by atoms with Crippen LogP contribution in [0.5, 0.6) is 0 Å². The summed E-state index contributed by atoms with van der Waals surface area (Å²) in [5.41, 5.74) is -0.208. The minimum Gasteiger partial charge on any atom is -0.462 e. The maximum atomic E-state index is 12.5. The van der Waals surface area contributed by atoms with Gasteiger partial charge in [0, 0.05) is 36.8 Å². The van der Waals surface area contributed by atoms with Crippen LogP contribution in [0.2, 0.25) is 0 Å². The number of nitrogens with one attached hydrogen (secondary N) is 1. The van der Waals surface area contributed by atoms with Crippen molar-refractivity contribution in [2.24, 2.45) is 0 Å². The summed E-state index contributed by atoms with van der Waals surface area (Å²) in [7, 11) is 0. The molecule has 1 fully saturated rings. The summed E-state index contributed by atoms with van der Waals surface area (Å²) in [5, 5.41) is 14.0. The second kappa shape index (κ2) is 9.28. The number of amides is 1. The second-order valence-electron chi connectivity index (χ2n) is 6.34. The summed E-state index contributed by atoms with van der Waals surface area (Å²) in [6.45, 7) is 6.82. The fraction of sp³-hybridized carbons (Fsp3) is 0.556. The number of nitro benzene ring substituents is 1. The number of nitro groups is 1. The summed E-state index contributed by atoms with van der Waals surface area (Å²) in [6, 6.07) is 3.68. The molecular formula is C18H25N3O5. The molecule has 0 radical (unpaired) electrons. The van der Waals surface area contributed by atoms with Crippen LogP contribution in [0.25, 0.3) is 0 Å². The number of ether oxygens (including phenoxy) is 1. The van der Waals surface area contributed by atoms with Crippen LogP contribution in [0.4, 0.5) is 5.69 Å². The van der Waals surface area contributed by atoms with E-state index in [2.05, 4.69) is 17.1 Å². The third-order valence-electron chi connectivity index (χ3n) is 4.36. The lowest BCUT2D eigenvalue weighted by Gasteiger charge is -2.32. The molecule has 142 valence electrons. The molecule has 1 N–H and O–H groups in total. The van der Waals surface area contributed by atoms with E-state index < -0.39 is 16.8 Å². The zero-order valence-corrected chi connectivity index (χ0v) is 15.2. The minimum absolute atomic E-state index is 0.00367. The first-order valence-corrected chi connectivity index (χ1v) is 8.94. The lowest BCUT2D eigenvalue weighted by molar-refractivity contribution is -0.384. The number of piperidine rings is 1. The van der Waals surface area contributed by atoms with Crippen molar-refractivity contribution < 1.29 is 19.2 Å². The number of rotatable bonds is 7. The average molecular weight is 363 g/mol. The molecule has 8 heteroatoms. The van der Waals surface area contributed by atoms with Gasteiger partial charge in [-0.05, 0) is 38.8 Å². The van der Waals surface area contributed by atoms with Crippen LogP contribution < -0.4 is 5.32 Å². The van der Waals surface area contributed by atoms with Gasteiger partial charge in [0.1, 0.15) is 0 Å². The predicted octanol–water partition coefficient (Wildman–Crippen LogP) is 2.38. The molecule has 8 nitrogen and oxygen atoms in total. The van der Waals surface area contributed by atoms with Crippen molar-refractivity contribution in [3.63, 3.8) is 0 Å². The van der Waals surface area contributed by atoms with E-state index in [1.165, 1.54) is 12.1 Å². The number of carbonyl (C=O) groups is 2. The molecule has 26 heavy (non-hydrogen) atoms. The number of esters is 1. The van der Waals surface area contributed by atoms with Gasteiger partial charge < -0.3 is 15.0 Å². The highest BCUT2D eigenvalue weighted by molar-refractivity contribution is 5.99. The summed E-state index contributed by atoms with van der Waals surface area (Å²) < 4.78 is 4.88. The fourth-order valence-electron chi connectivity index (χ4n) is 3.07. The molecule has 1 aliphatic heterocycles. The number of carbonyl (C=O) groups excluding carboxylic acids is 2. The lowest BCUT2D eigenvalue weighted by Crippen LogP contribution is -2.44. The van der Waals surface area contributed by atoms with Gasteiger partial charge >= 0.3 is 5.97 Å². The molecule has 1 aliphatic rings. The highest BCUT2D eigenvalue weighted by atomic mass is 16.6. The molecule has 0 aromatic heterocycles. The Bertz CT molecular complexity index is 669. The Morgan fingerprint density at radius 2 is 1.88 bits per heavy atom. The van der Waals surface area contributed by atoms with Crippen molar-refractivity contribution >= 4 is 17.6 Å². The van der Waals surface area contributed by atoms with Gasteiger partial charge in [-0.15, -0.1) is 0 Å². The first-order valence-electron chi connectivity index (χ1n) is 8.94. The lowest BCUT2D eigenvalue weighted by atomic mass is 10.0. The summed E-state index contributed by atoms with van der Waals surface area (Å²) in [5.74, 6) is -1.09. The Balaban J connectivity index is 2.10. The van der Waals surface area contributed by atoms with Gasteiger partial charge in [-0.1, -0.05) is 6.92 Å². The van der Waals surface area contributed by atoms with Crippen molar-refractivity contribution in [1.82, 2.24) is 10.2 Å². The van der Waals surface area contributed by atoms with Gasteiger partial charge in [-0.3, -0.25) is 14.9 Å². The van der Waals surface area contributed by atoms with Crippen molar-refractivity contribution in [3.05, 3.63) is 39.4 Å². The van der Waals surface area contributed by atoms with E-state index in [0.717, 1.165) is 45.0 Å². The molecule has 0 spiro atoms. The molecule has 1 amide bonds. The number of hydrogen-bond donors (Lipinski definition) is 1. The molecule has 1 aromatic rings. The number of hydrogen-bond acceptors (Lipinski definition) is 6. The summed E-state index contributed by atoms with van der Waals surface area (Å²) in [6.07, 6.45) is 2.78. The Morgan fingerprint density at radius 3 is 2.46 bits per heavy atom. The maximum Gasteiger partial charge on any atom is 0.338 e. The van der Waals surface area contributed by atoms with Gasteiger partial charge in [0.05, 0.1) is 17.1 Å². The van der Waals surface area contributed by atoms with E-state index in [-0.39, 0.29) is 29.5 Å². The quantitative estimate of drug-likeness (QED) is 0.453. The first kappa shape index (κ1) is 19.8. The predicted molar refractivity (Wildman–Crippen MR) is 96.3 cm³/mol. The number of non-ortho nitro benzene ring substituents is 1. The molecule has 0 saturated carbocycles. The van der Waals surface area contributed by atoms with Crippen molar-refractivity contribution in [3.8, 4) is 0 Å². The van der Waals surface area contributed by atoms with E-state index in [1.807, 2.05) is 0 Å². The normalized spacial score (nSPS) is 15.5. The van der Waals surface area contributed by atoms with Gasteiger partial charge in [0.25, 0.3) is 11.6 Å². The molecule has 0 aliphatic carbocycles. The molecule has 1 aromatic carbocycles. The van der Waals surface area contributed by atoms with Crippen LogP contribution in [0.15, 0.2) is 18.2 Å². The number of nitrogens with zero attached hydrogens (tertiary/aromatic N) is 2. The smallest absolute Gasteiger partial charge is 0.338 e. The molecule has 1 heterocycles. The summed E-state index contributed by atoms with van der Waals surface area (Å²) >= 11 is 0. The SMILES string of the molecule is CCCN1CCC(NC(=O)c2cc(C(=O)OCC)cc([N+](=O)[O-])c2)CC1. The average Bonchev–Trinajstić information content (AvgIpc) is 2.63. The van der Waals surface area contributed by atoms with Gasteiger partial charge in [0.2, 0.25) is 0 Å². The molecular weight excluding hydrogens is 338 g/mol. The van der Waals surface area contributed by atoms with Gasteiger partial charge in [-0.25, -0.2) is 4.79 Å². The van der Waals surface area contributed by atoms with Crippen molar-refractivity contribution in [2.45, 2.75) is 39.2 Å². The van der Waals surface area contributed by atoms with Crippen molar-refractivity contribution in [1.29, 1.82) is 0 Å². The highest BCUT2D eigenvalue weighted by Crippen LogP contribution is 2.19. The zero-order chi connectivity index (χ0) is 19.1. The zero-order valence-electron chi connectivity index (χ0n) is 15.2. The van der Waals surface area contributed by atoms with E-state index in [4.69, 9.17) is 4.74 Å². The maximum absolute atomic E-state index is 12.5. The Labute approximate surface area is 152 Å². The van der Waals surface area contributed by atoms with Crippen LogP contribution in [0.1, 0.15) is 53.8 Å². The number of likely N-dealkylation sites (tertiary alicyclic amines) is 1. The van der Waals surface area contributed by atoms with E-state index in [1.54, 1.807) is 6.92 Å². The van der Waals surface area contributed by atoms with Gasteiger partial charge in [0.15, 0.2) is 0 Å². The van der Waals surface area contributed by atoms with Crippen LogP contribution in [0.3, 0.4) is 0 Å². The second-order valence-corrected chi connectivity index (χ2v) is 6.34. The van der Waals surface area contributed by atoms with Crippen LogP contribution in [0, 0.1) is 10.1 Å². The largest absolute Gasteiger partial charge is 0.462 e. The summed E-state index contributed by atoms with van der Waals surface area (Å²) in [4.78, 5) is 37.3. The molecule has 1 saturated heterocycles. The van der Waals surface area contributed by atoms with Crippen LogP contribution >= 0.6 is 0 Å². The van der Waals surface area contributed by atoms with Crippen molar-refractivity contribution in [2.75, 3.05) is 26.2 Å². The van der Waals surface area contributed by atoms with E-state index in [9.17, 15) is 19.7 Å². The Kier molecular flexibility index (Phi) is 7.08. The van der Waals surface area contributed by atoms with E-state index >= 15 is 0 Å². The fourth-order valence-corrected chi connectivity index (χ4v) is 3.07. The standard InChI is InChI=1S/C18H25N3O5/c1-3-7-20-8-5-15(6-9-20)19-17(22)13-10-14(18(23)26-4-2)12-16(11-13)21(24)25/h10-12,15H,3-9H2,1-2H3,(H,19,22). The molecule has 2 rings (SSSR count). The minimum atomic E-state index is -0.682. The Morgan fingerprint density at radius 1 is 1.23 bits per heavy atom. The molecule has 0 atom stereocenters. The van der Waals surface area contributed by atoms with Crippen LogP contribution in [-0.4, -0.2) is 54.0 Å². The topological polar surface area (TPSA) is 102 Å². The number of benzene rings is 1. The monoisotopic (exact) mass is 363 g/mol. The molecule has 0 bridgehead atoms.